The van der Waals surface area contributed by atoms with E-state index in [9.17, 15) is 182 Å². The first-order valence-electron chi connectivity index (χ1n) is 40.9. The first-order valence-corrected chi connectivity index (χ1v) is 40.9. The third kappa shape index (κ3) is 23.7. The molecule has 0 bridgehead atoms. The van der Waals surface area contributed by atoms with Crippen LogP contribution in [0.1, 0.15) is 27.2 Å². The predicted molar refractivity (Wildman–Crippen MR) is 395 cm³/mol. The van der Waals surface area contributed by atoms with Crippen LogP contribution in [0.15, 0.2) is 0 Å². The summed E-state index contributed by atoms with van der Waals surface area (Å²) in [6.45, 7) is -10.6. The Labute approximate surface area is 733 Å². The SMILES string of the molecule is CC(=O)N[C@@H]1[C@@H](O)[C@H](O[C@@H]2O[C@H](CO)[C@@H](O[C@@H]3O[C@H](CO[C@H]4O[C@H](CO[C@H]5O[C@H](CO)[C@@H](O)[C@H](O)[C@@H]5O)[C@@H](O)[C@H](O[C@H]5O[C@H](CO)[C@@H](O)[C@H](O)[C@@H]5O)[C@@H]4O)[C@@H](O)[C@H](O[C@H]4O[C@H](CO)[C@@H](O)[C@H](O)[C@@H]4O[C@@H]4O[C@H](CO[C@]5(C(=O)O)C[C@H](O)[C@@H](NC(=O)CO)[C@H]([C@H](O)[C@H](O)CO)O5)[C@@H](O)[C@H](O[C@@H]5O[C@H](CO)[C@H](O)[C@H](O)[C@H]5O)[C@H]4NC(C)=O)[C@@H]3O)[C@H](O)[C@H]2NC(C)=O)[C@@H](CO)O[C@H]1O. The molecule has 0 aliphatic carbocycles. The average Bonchev–Trinajstić information content (AvgIpc) is 0.972. The maximum atomic E-state index is 13.5. The highest BCUT2D eigenvalue weighted by atomic mass is 16.8. The summed E-state index contributed by atoms with van der Waals surface area (Å²) in [5.41, 5.74) is 0. The number of aliphatic carboxylic acids is 1. The number of hydrogen-bond acceptors (Lipinski definition) is 54. The second-order valence-corrected chi connectivity index (χ2v) is 32.5. The fraction of sp³-hybridized carbons (Fsp3) is 0.930. The molecule has 0 unspecified atom stereocenters. The molecule has 0 aromatic heterocycles. The molecule has 0 radical (unpaired) electrons. The van der Waals surface area contributed by atoms with Crippen molar-refractivity contribution in [2.75, 3.05) is 72.7 Å². The predicted octanol–water partition coefficient (Wildman–Crippen LogP) is -24.1. The lowest BCUT2D eigenvalue weighted by molar-refractivity contribution is -0.399. The molecule has 59 nitrogen and oxygen atoms in total. The van der Waals surface area contributed by atoms with E-state index in [2.05, 4.69) is 21.3 Å². The van der Waals surface area contributed by atoms with Gasteiger partial charge in [-0.1, -0.05) is 0 Å². The molecule has 10 aliphatic heterocycles. The van der Waals surface area contributed by atoms with Crippen molar-refractivity contribution in [1.82, 2.24) is 21.3 Å². The molecular weight excluding hydrogens is 1790 g/mol. The molecular formula is C71H118N4O55. The lowest BCUT2D eigenvalue weighted by atomic mass is 9.88. The topological polar surface area (TPSA) is 936 Å². The molecule has 0 spiro atoms. The number of aliphatic hydroxyl groups excluding tert-OH is 30. The van der Waals surface area contributed by atoms with Gasteiger partial charge in [-0.2, -0.15) is 0 Å². The molecule has 10 saturated heterocycles. The van der Waals surface area contributed by atoms with E-state index in [-0.39, 0.29) is 0 Å². The van der Waals surface area contributed by atoms with Crippen molar-refractivity contribution < 1.29 is 272 Å². The minimum Gasteiger partial charge on any atom is -0.477 e. The summed E-state index contributed by atoms with van der Waals surface area (Å²) in [7, 11) is 0. The third-order valence-electron chi connectivity index (χ3n) is 23.5. The van der Waals surface area contributed by atoms with Gasteiger partial charge in [0.1, 0.15) is 244 Å². The first-order chi connectivity index (χ1) is 61.4. The summed E-state index contributed by atoms with van der Waals surface area (Å²) in [5, 5.41) is 354. The van der Waals surface area contributed by atoms with Gasteiger partial charge in [0, 0.05) is 27.2 Å². The number of carbonyl (C=O) groups is 5. The van der Waals surface area contributed by atoms with E-state index in [1.807, 2.05) is 0 Å². The van der Waals surface area contributed by atoms with E-state index < -0.39 is 421 Å². The van der Waals surface area contributed by atoms with Gasteiger partial charge in [-0.15, -0.1) is 0 Å². The lowest BCUT2D eigenvalue weighted by Crippen LogP contribution is -2.71. The molecule has 0 aromatic rings. The Kier molecular flexibility index (Phi) is 38.6. The largest absolute Gasteiger partial charge is 0.477 e. The molecule has 4 amide bonds. The van der Waals surface area contributed by atoms with Gasteiger partial charge in [-0.3, -0.25) is 19.2 Å². The summed E-state index contributed by atoms with van der Waals surface area (Å²) in [4.78, 5) is 65.0. The summed E-state index contributed by atoms with van der Waals surface area (Å²) >= 11 is 0. The quantitative estimate of drug-likeness (QED) is 0.0277. The molecule has 752 valence electrons. The van der Waals surface area contributed by atoms with Crippen molar-refractivity contribution in [3.63, 3.8) is 0 Å². The van der Waals surface area contributed by atoms with Gasteiger partial charge in [-0.25, -0.2) is 4.79 Å². The molecule has 59 heteroatoms. The number of amides is 4. The minimum atomic E-state index is -3.36. The monoisotopic (exact) mass is 1910 g/mol. The average molecular weight is 1910 g/mol. The molecule has 10 rings (SSSR count). The van der Waals surface area contributed by atoms with Gasteiger partial charge < -0.3 is 270 Å². The fourth-order valence-electron chi connectivity index (χ4n) is 16.4. The van der Waals surface area contributed by atoms with Crippen LogP contribution in [0.3, 0.4) is 0 Å². The van der Waals surface area contributed by atoms with Crippen LogP contribution in [-0.2, 0) is 114 Å². The van der Waals surface area contributed by atoms with Crippen LogP contribution >= 0.6 is 0 Å². The summed E-state index contributed by atoms with van der Waals surface area (Å²) in [6.07, 6.45) is -105. The fourth-order valence-corrected chi connectivity index (χ4v) is 16.4. The van der Waals surface area contributed by atoms with Crippen LogP contribution in [0.4, 0.5) is 0 Å². The van der Waals surface area contributed by atoms with Crippen LogP contribution in [0.2, 0.25) is 0 Å². The maximum absolute atomic E-state index is 13.5. The maximum Gasteiger partial charge on any atom is 0.364 e. The molecule has 0 saturated carbocycles. The Morgan fingerprint density at radius 3 is 1.16 bits per heavy atom. The van der Waals surface area contributed by atoms with Gasteiger partial charge >= 0.3 is 5.97 Å². The standard InChI is InChI=1S/C71H118N4O55/c1-16(84)72-32-43(98)54(25(10-81)115-61(32)109)124-62-33(73-17(2)85)44(99)55(26(11-82)120-62)125-68-53(108)59(42(97)28(123-68)14-113-65-52(107)58(127-67-51(106)47(102)38(93)23(8-79)118-67)41(96)27(122-65)13-112-64-49(104)45(100)36(91)21(6-77)116-64)128-69-60(48(103)39(94)24(9-80)119-69)129-63-34(74-18(3)86)56(126-66-50(105)46(101)37(92)22(7-78)117-66)40(95)29(121-63)15-114-71(70(110)111)4-19(87)31(75-30(89)12-83)57(130-71)35(90)20(88)5-76/h19-29,31-69,76-83,87-88,90-109H,4-15H2,1-3H3,(H,72,84)(H,73,85)(H,74,86)(H,75,89)(H,110,111)/t19-,20+,21+,22+,23+,24+,25+,26+,27+,28+,29+,31+,32+,33+,34+,35+,36+,37-,38+,39+,40+,41+,42+,43+,44+,45-,46-,47-,48-,49-,50+,51-,52-,53-,54+,55+,56+,57+,58-,59-,60-,61+,62-,63-,64-,65-,66-,67+,68-,69+,71+/m0/s1. The van der Waals surface area contributed by atoms with Crippen LogP contribution < -0.4 is 21.3 Å². The zero-order valence-electron chi connectivity index (χ0n) is 69.0. The number of carbonyl (C=O) groups excluding carboxylic acids is 4. The minimum absolute atomic E-state index is 0.811. The van der Waals surface area contributed by atoms with E-state index >= 15 is 0 Å². The van der Waals surface area contributed by atoms with Crippen LogP contribution in [0.25, 0.3) is 0 Å². The second kappa shape index (κ2) is 46.7. The van der Waals surface area contributed by atoms with Crippen molar-refractivity contribution in [2.45, 2.75) is 340 Å². The van der Waals surface area contributed by atoms with Crippen LogP contribution in [0.5, 0.6) is 0 Å². The van der Waals surface area contributed by atoms with Crippen LogP contribution in [-0.4, -0.2) is 573 Å². The molecule has 10 aliphatic rings. The van der Waals surface area contributed by atoms with Crippen molar-refractivity contribution in [3.05, 3.63) is 0 Å². The normalized spacial score (nSPS) is 47.9. The highest BCUT2D eigenvalue weighted by Crippen LogP contribution is 2.42. The van der Waals surface area contributed by atoms with E-state index in [1.54, 1.807) is 0 Å². The lowest BCUT2D eigenvalue weighted by Gasteiger charge is -2.51. The molecule has 0 aromatic carbocycles. The summed E-state index contributed by atoms with van der Waals surface area (Å²) in [6, 6.07) is -7.94. The third-order valence-corrected chi connectivity index (χ3v) is 23.5. The Bertz CT molecular complexity index is 3570. The van der Waals surface area contributed by atoms with E-state index in [1.165, 1.54) is 0 Å². The van der Waals surface area contributed by atoms with Gasteiger partial charge in [0.15, 0.2) is 56.6 Å². The Balaban J connectivity index is 1.04. The highest BCUT2D eigenvalue weighted by molar-refractivity contribution is 5.78. The smallest absolute Gasteiger partial charge is 0.364 e. The van der Waals surface area contributed by atoms with E-state index in [4.69, 9.17) is 90.0 Å². The highest BCUT2D eigenvalue weighted by Gasteiger charge is 2.63. The van der Waals surface area contributed by atoms with Crippen molar-refractivity contribution in [3.8, 4) is 0 Å². The number of rotatable bonds is 36. The Hall–Kier alpha value is -4.61. The number of carboxylic acids is 1. The van der Waals surface area contributed by atoms with Gasteiger partial charge in [0.2, 0.25) is 23.6 Å². The second-order valence-electron chi connectivity index (χ2n) is 32.5. The molecule has 51 atom stereocenters. The molecule has 130 heavy (non-hydrogen) atoms. The Morgan fingerprint density at radius 2 is 0.677 bits per heavy atom. The zero-order valence-corrected chi connectivity index (χ0v) is 69.0. The van der Waals surface area contributed by atoms with Gasteiger partial charge in [-0.05, 0) is 0 Å². The van der Waals surface area contributed by atoms with E-state index in [0.29, 0.717) is 0 Å². The van der Waals surface area contributed by atoms with Crippen molar-refractivity contribution in [2.24, 2.45) is 0 Å². The van der Waals surface area contributed by atoms with Crippen molar-refractivity contribution >= 4 is 29.6 Å². The molecule has 10 heterocycles. The summed E-state index contributed by atoms with van der Waals surface area (Å²) < 4.78 is 112. The van der Waals surface area contributed by atoms with Crippen molar-refractivity contribution in [1.29, 1.82) is 0 Å². The van der Waals surface area contributed by atoms with Gasteiger partial charge in [0.05, 0.1) is 78.2 Å². The number of hydrogen-bond donors (Lipinski definition) is 35. The Morgan fingerprint density at radius 1 is 0.331 bits per heavy atom. The van der Waals surface area contributed by atoms with Gasteiger partial charge in [0.25, 0.3) is 5.79 Å². The first kappa shape index (κ1) is 107. The van der Waals surface area contributed by atoms with E-state index in [0.717, 1.165) is 20.8 Å². The zero-order chi connectivity index (χ0) is 96.0. The molecule has 35 N–H and O–H groups in total. The number of carboxylic acid groups (broad SMARTS) is 1. The number of aliphatic hydroxyl groups is 30. The summed E-state index contributed by atoms with van der Waals surface area (Å²) in [5.74, 6) is -9.82. The number of ether oxygens (including phenoxy) is 19. The number of nitrogens with one attached hydrogen (secondary N) is 4. The molecule has 10 fully saturated rings. The van der Waals surface area contributed by atoms with Crippen LogP contribution in [0, 0.1) is 0 Å².